The summed E-state index contributed by atoms with van der Waals surface area (Å²) in [6.45, 7) is 4.07. The van der Waals surface area contributed by atoms with Gasteiger partial charge in [-0.2, -0.15) is 0 Å². The molecule has 0 aliphatic carbocycles. The summed E-state index contributed by atoms with van der Waals surface area (Å²) >= 11 is 0. The summed E-state index contributed by atoms with van der Waals surface area (Å²) < 4.78 is 5.14. The summed E-state index contributed by atoms with van der Waals surface area (Å²) in [5.74, 6) is 0.640. The highest BCUT2D eigenvalue weighted by Crippen LogP contribution is 2.27. The molecule has 4 N–H and O–H groups in total. The van der Waals surface area contributed by atoms with Gasteiger partial charge in [-0.3, -0.25) is 0 Å². The number of hydrogen-bond acceptors (Lipinski definition) is 4. The van der Waals surface area contributed by atoms with Crippen molar-refractivity contribution in [3.8, 4) is 5.75 Å². The molecular weight excluding hydrogens is 204 g/mol. The van der Waals surface area contributed by atoms with Gasteiger partial charge in [0, 0.05) is 11.8 Å². The molecule has 0 amide bonds. The van der Waals surface area contributed by atoms with Crippen LogP contribution >= 0.6 is 0 Å². The monoisotopic (exact) mass is 224 g/mol. The van der Waals surface area contributed by atoms with Gasteiger partial charge in [-0.25, -0.2) is 0 Å². The average Bonchev–Trinajstić information content (AvgIpc) is 2.31. The largest absolute Gasteiger partial charge is 0.495 e. The van der Waals surface area contributed by atoms with E-state index in [0.29, 0.717) is 11.4 Å². The summed E-state index contributed by atoms with van der Waals surface area (Å²) in [6.07, 6.45) is 0.830. The Kier molecular flexibility index (Phi) is 4.01. The number of nitrogens with one attached hydrogen (secondary N) is 1. The van der Waals surface area contributed by atoms with E-state index in [1.54, 1.807) is 13.2 Å². The van der Waals surface area contributed by atoms with Gasteiger partial charge in [0.15, 0.2) is 0 Å². The van der Waals surface area contributed by atoms with Crippen molar-refractivity contribution in [2.75, 3.05) is 24.8 Å². The van der Waals surface area contributed by atoms with Gasteiger partial charge in [0.25, 0.3) is 0 Å². The lowest BCUT2D eigenvalue weighted by molar-refractivity contribution is 0.219. The maximum atomic E-state index is 9.31. The van der Waals surface area contributed by atoms with Gasteiger partial charge in [0.1, 0.15) is 5.75 Å². The van der Waals surface area contributed by atoms with E-state index in [9.17, 15) is 5.11 Å². The van der Waals surface area contributed by atoms with Crippen molar-refractivity contribution in [2.24, 2.45) is 0 Å². The zero-order valence-electron chi connectivity index (χ0n) is 10.1. The van der Waals surface area contributed by atoms with Crippen molar-refractivity contribution < 1.29 is 9.84 Å². The lowest BCUT2D eigenvalue weighted by Crippen LogP contribution is -2.37. The van der Waals surface area contributed by atoms with Gasteiger partial charge in [-0.05, 0) is 25.5 Å². The quantitative estimate of drug-likeness (QED) is 0.668. The Balaban J connectivity index is 2.89. The zero-order valence-corrected chi connectivity index (χ0v) is 10.1. The molecule has 0 spiro atoms. The zero-order chi connectivity index (χ0) is 12.2. The highest BCUT2D eigenvalue weighted by Gasteiger charge is 2.20. The molecule has 0 radical (unpaired) electrons. The van der Waals surface area contributed by atoms with E-state index in [4.69, 9.17) is 10.5 Å². The van der Waals surface area contributed by atoms with Crippen molar-refractivity contribution in [2.45, 2.75) is 25.8 Å². The number of aliphatic hydroxyl groups excluding tert-OH is 1. The van der Waals surface area contributed by atoms with Crippen molar-refractivity contribution >= 4 is 11.4 Å². The van der Waals surface area contributed by atoms with Crippen LogP contribution in [0.15, 0.2) is 18.2 Å². The second-order valence-corrected chi connectivity index (χ2v) is 4.15. The summed E-state index contributed by atoms with van der Waals surface area (Å²) in [5, 5.41) is 12.6. The van der Waals surface area contributed by atoms with Crippen LogP contribution in [0.4, 0.5) is 11.4 Å². The number of aliphatic hydroxyl groups is 1. The molecule has 4 heteroatoms. The van der Waals surface area contributed by atoms with Gasteiger partial charge >= 0.3 is 0 Å². The number of hydrogen-bond donors (Lipinski definition) is 3. The number of rotatable bonds is 5. The predicted molar refractivity (Wildman–Crippen MR) is 66.8 cm³/mol. The molecule has 0 aliphatic heterocycles. The van der Waals surface area contributed by atoms with E-state index in [-0.39, 0.29) is 12.1 Å². The lowest BCUT2D eigenvalue weighted by Gasteiger charge is -2.28. The maximum Gasteiger partial charge on any atom is 0.143 e. The third-order valence-electron chi connectivity index (χ3n) is 2.81. The second kappa shape index (κ2) is 5.07. The predicted octanol–water partition coefficient (Wildman–Crippen LogP) is 1.85. The Bertz CT molecular complexity index is 349. The normalized spacial score (nSPS) is 14.2. The fourth-order valence-electron chi connectivity index (χ4n) is 1.38. The first-order chi connectivity index (χ1) is 7.54. The molecule has 4 nitrogen and oxygen atoms in total. The molecule has 1 aromatic carbocycles. The SMILES string of the molecule is CCC(C)(CO)Nc1ccc(N)c(OC)c1. The Morgan fingerprint density at radius 2 is 2.19 bits per heavy atom. The van der Waals surface area contributed by atoms with Crippen molar-refractivity contribution in [1.29, 1.82) is 0 Å². The van der Waals surface area contributed by atoms with Crippen LogP contribution in [0, 0.1) is 0 Å². The van der Waals surface area contributed by atoms with Crippen LogP contribution < -0.4 is 15.8 Å². The Morgan fingerprint density at radius 3 is 2.69 bits per heavy atom. The number of methoxy groups -OCH3 is 1. The molecule has 16 heavy (non-hydrogen) atoms. The smallest absolute Gasteiger partial charge is 0.143 e. The van der Waals surface area contributed by atoms with Crippen LogP contribution in [0.2, 0.25) is 0 Å². The van der Waals surface area contributed by atoms with Crippen LogP contribution in [-0.4, -0.2) is 24.4 Å². The molecule has 0 saturated carbocycles. The summed E-state index contributed by atoms with van der Waals surface area (Å²) in [4.78, 5) is 0. The average molecular weight is 224 g/mol. The molecule has 1 unspecified atom stereocenters. The van der Waals surface area contributed by atoms with Crippen molar-refractivity contribution in [1.82, 2.24) is 0 Å². The molecule has 0 fully saturated rings. The number of nitrogens with two attached hydrogens (primary N) is 1. The first-order valence-corrected chi connectivity index (χ1v) is 5.37. The van der Waals surface area contributed by atoms with E-state index >= 15 is 0 Å². The Labute approximate surface area is 96.4 Å². The van der Waals surface area contributed by atoms with E-state index in [1.807, 2.05) is 26.0 Å². The minimum atomic E-state index is -0.318. The topological polar surface area (TPSA) is 67.5 Å². The van der Waals surface area contributed by atoms with Gasteiger partial charge in [-0.1, -0.05) is 6.92 Å². The van der Waals surface area contributed by atoms with Crippen LogP contribution in [0.1, 0.15) is 20.3 Å². The van der Waals surface area contributed by atoms with Crippen LogP contribution in [0.3, 0.4) is 0 Å². The molecule has 0 saturated heterocycles. The highest BCUT2D eigenvalue weighted by molar-refractivity contribution is 5.62. The summed E-state index contributed by atoms with van der Waals surface area (Å²) in [7, 11) is 1.58. The minimum Gasteiger partial charge on any atom is -0.495 e. The van der Waals surface area contributed by atoms with Crippen LogP contribution in [-0.2, 0) is 0 Å². The molecule has 0 heterocycles. The lowest BCUT2D eigenvalue weighted by atomic mass is 10.00. The Morgan fingerprint density at radius 1 is 1.50 bits per heavy atom. The van der Waals surface area contributed by atoms with Crippen molar-refractivity contribution in [3.05, 3.63) is 18.2 Å². The summed E-state index contributed by atoms with van der Waals surface area (Å²) in [5.41, 5.74) is 6.91. The minimum absolute atomic E-state index is 0.0796. The van der Waals surface area contributed by atoms with E-state index in [0.717, 1.165) is 12.1 Å². The fourth-order valence-corrected chi connectivity index (χ4v) is 1.38. The van der Waals surface area contributed by atoms with Crippen LogP contribution in [0.25, 0.3) is 0 Å². The molecule has 1 rings (SSSR count). The van der Waals surface area contributed by atoms with E-state index in [2.05, 4.69) is 5.32 Å². The number of anilines is 2. The standard InChI is InChI=1S/C12H20N2O2/c1-4-12(2,8-15)14-9-5-6-10(13)11(7-9)16-3/h5-7,14-15H,4,8,13H2,1-3H3. The molecule has 0 bridgehead atoms. The number of nitrogen functional groups attached to an aromatic ring is 1. The van der Waals surface area contributed by atoms with Gasteiger partial charge in [-0.15, -0.1) is 0 Å². The van der Waals surface area contributed by atoms with Crippen molar-refractivity contribution in [3.63, 3.8) is 0 Å². The third-order valence-corrected chi connectivity index (χ3v) is 2.81. The first-order valence-electron chi connectivity index (χ1n) is 5.37. The summed E-state index contributed by atoms with van der Waals surface area (Å²) in [6, 6.07) is 5.49. The van der Waals surface area contributed by atoms with Gasteiger partial charge in [0.2, 0.25) is 0 Å². The fraction of sp³-hybridized carbons (Fsp3) is 0.500. The maximum absolute atomic E-state index is 9.31. The molecule has 0 aliphatic rings. The van der Waals surface area contributed by atoms with Gasteiger partial charge in [0.05, 0.1) is 24.9 Å². The molecule has 1 atom stereocenters. The van der Waals surface area contributed by atoms with Gasteiger partial charge < -0.3 is 20.9 Å². The third kappa shape index (κ3) is 2.79. The number of benzene rings is 1. The Hall–Kier alpha value is -1.42. The molecule has 90 valence electrons. The molecule has 1 aromatic rings. The van der Waals surface area contributed by atoms with E-state index < -0.39 is 0 Å². The highest BCUT2D eigenvalue weighted by atomic mass is 16.5. The van der Waals surface area contributed by atoms with Crippen LogP contribution in [0.5, 0.6) is 5.75 Å². The molecule has 0 aromatic heterocycles. The van der Waals surface area contributed by atoms with E-state index in [1.165, 1.54) is 0 Å². The first kappa shape index (κ1) is 12.6. The second-order valence-electron chi connectivity index (χ2n) is 4.15. The molecular formula is C12H20N2O2. The number of ether oxygens (including phenoxy) is 1.